The van der Waals surface area contributed by atoms with Crippen LogP contribution < -0.4 is 0 Å². The standard InChI is InChI=1S/C19H32N4O/c1-15(2)23(16(3)4)19(24)14-21-9-11-22(12-10-21)17(5)18-7-6-8-20-13-18/h6-8,13,15-17H,9-12,14H2,1-5H3/t17-/m0/s1. The van der Waals surface area contributed by atoms with Gasteiger partial charge < -0.3 is 4.90 Å². The first-order valence-corrected chi connectivity index (χ1v) is 9.07. The van der Waals surface area contributed by atoms with Gasteiger partial charge >= 0.3 is 0 Å². The van der Waals surface area contributed by atoms with E-state index in [0.717, 1.165) is 26.2 Å². The number of piperazine rings is 1. The van der Waals surface area contributed by atoms with E-state index >= 15 is 0 Å². The van der Waals surface area contributed by atoms with Crippen molar-refractivity contribution in [3.05, 3.63) is 30.1 Å². The molecule has 1 atom stereocenters. The maximum absolute atomic E-state index is 12.6. The first kappa shape index (κ1) is 18.9. The van der Waals surface area contributed by atoms with Crippen molar-refractivity contribution >= 4 is 5.91 Å². The fraction of sp³-hybridized carbons (Fsp3) is 0.684. The maximum Gasteiger partial charge on any atom is 0.237 e. The van der Waals surface area contributed by atoms with Crippen LogP contribution in [0.1, 0.15) is 46.2 Å². The van der Waals surface area contributed by atoms with Crippen molar-refractivity contribution in [1.29, 1.82) is 0 Å². The Hall–Kier alpha value is -1.46. The molecule has 0 bridgehead atoms. The summed E-state index contributed by atoms with van der Waals surface area (Å²) in [6, 6.07) is 5.01. The lowest BCUT2D eigenvalue weighted by molar-refractivity contribution is -0.136. The first-order chi connectivity index (χ1) is 11.4. The average molecular weight is 332 g/mol. The Morgan fingerprint density at radius 2 is 1.75 bits per heavy atom. The van der Waals surface area contributed by atoms with Crippen LogP contribution in [0.3, 0.4) is 0 Å². The first-order valence-electron chi connectivity index (χ1n) is 9.07. The van der Waals surface area contributed by atoms with Crippen LogP contribution in [0.15, 0.2) is 24.5 Å². The Balaban J connectivity index is 1.85. The zero-order valence-corrected chi connectivity index (χ0v) is 15.8. The van der Waals surface area contributed by atoms with Gasteiger partial charge in [-0.2, -0.15) is 0 Å². The van der Waals surface area contributed by atoms with Gasteiger partial charge in [-0.25, -0.2) is 0 Å². The number of carbonyl (C=O) groups excluding carboxylic acids is 1. The van der Waals surface area contributed by atoms with Crippen LogP contribution in [0.2, 0.25) is 0 Å². The topological polar surface area (TPSA) is 39.7 Å². The SMILES string of the molecule is CC(C)N(C(=O)CN1CCN([C@@H](C)c2cccnc2)CC1)C(C)C. The zero-order chi connectivity index (χ0) is 17.7. The molecule has 1 aliphatic heterocycles. The maximum atomic E-state index is 12.6. The Kier molecular flexibility index (Phi) is 6.75. The lowest BCUT2D eigenvalue weighted by Crippen LogP contribution is -2.52. The summed E-state index contributed by atoms with van der Waals surface area (Å²) in [5.74, 6) is 0.244. The highest BCUT2D eigenvalue weighted by molar-refractivity contribution is 5.78. The van der Waals surface area contributed by atoms with Crippen LogP contribution in [-0.4, -0.2) is 70.4 Å². The van der Waals surface area contributed by atoms with Gasteiger partial charge in [0.15, 0.2) is 0 Å². The summed E-state index contributed by atoms with van der Waals surface area (Å²) in [7, 11) is 0. The van der Waals surface area contributed by atoms with Gasteiger partial charge in [-0.05, 0) is 46.2 Å². The van der Waals surface area contributed by atoms with Crippen molar-refractivity contribution in [3.8, 4) is 0 Å². The minimum Gasteiger partial charge on any atom is -0.337 e. The summed E-state index contributed by atoms with van der Waals surface area (Å²) in [4.78, 5) is 23.6. The molecule has 1 aliphatic rings. The second-order valence-electron chi connectivity index (χ2n) is 7.26. The molecule has 5 heteroatoms. The predicted molar refractivity (Wildman–Crippen MR) is 97.8 cm³/mol. The van der Waals surface area contributed by atoms with Gasteiger partial charge in [-0.15, -0.1) is 0 Å². The molecule has 0 N–H and O–H groups in total. The van der Waals surface area contributed by atoms with E-state index in [1.54, 1.807) is 0 Å². The molecule has 24 heavy (non-hydrogen) atoms. The Bertz CT molecular complexity index is 501. The van der Waals surface area contributed by atoms with Crippen molar-refractivity contribution in [1.82, 2.24) is 19.7 Å². The molecule has 1 aromatic heterocycles. The highest BCUT2D eigenvalue weighted by Crippen LogP contribution is 2.20. The van der Waals surface area contributed by atoms with E-state index in [1.807, 2.05) is 23.4 Å². The molecular formula is C19H32N4O. The highest BCUT2D eigenvalue weighted by Gasteiger charge is 2.26. The van der Waals surface area contributed by atoms with Crippen molar-refractivity contribution in [3.63, 3.8) is 0 Å². The molecular weight excluding hydrogens is 300 g/mol. The van der Waals surface area contributed by atoms with Crippen molar-refractivity contribution in [2.45, 2.75) is 52.7 Å². The number of nitrogens with zero attached hydrogens (tertiary/aromatic N) is 4. The molecule has 0 spiro atoms. The van der Waals surface area contributed by atoms with Crippen LogP contribution >= 0.6 is 0 Å². The Labute approximate surface area is 146 Å². The zero-order valence-electron chi connectivity index (χ0n) is 15.8. The number of amides is 1. The van der Waals surface area contributed by atoms with Gasteiger partial charge in [0.25, 0.3) is 0 Å². The molecule has 1 fully saturated rings. The van der Waals surface area contributed by atoms with Crippen LogP contribution in [0, 0.1) is 0 Å². The summed E-state index contributed by atoms with van der Waals surface area (Å²) >= 11 is 0. The number of rotatable bonds is 6. The third-order valence-corrected chi connectivity index (χ3v) is 4.88. The smallest absolute Gasteiger partial charge is 0.237 e. The number of carbonyl (C=O) groups is 1. The molecule has 0 saturated carbocycles. The summed E-state index contributed by atoms with van der Waals surface area (Å²) < 4.78 is 0. The fourth-order valence-corrected chi connectivity index (χ4v) is 3.59. The molecule has 0 aliphatic carbocycles. The molecule has 5 nitrogen and oxygen atoms in total. The van der Waals surface area contributed by atoms with Gasteiger partial charge in [0, 0.05) is 56.7 Å². The number of aromatic nitrogens is 1. The lowest BCUT2D eigenvalue weighted by atomic mass is 10.1. The van der Waals surface area contributed by atoms with Crippen LogP contribution in [0.4, 0.5) is 0 Å². The molecule has 0 radical (unpaired) electrons. The predicted octanol–water partition coefficient (Wildman–Crippen LogP) is 2.41. The minimum absolute atomic E-state index is 0.244. The van der Waals surface area contributed by atoms with E-state index in [-0.39, 0.29) is 18.0 Å². The van der Waals surface area contributed by atoms with Gasteiger partial charge in [0.1, 0.15) is 0 Å². The quantitative estimate of drug-likeness (QED) is 0.802. The number of pyridine rings is 1. The Morgan fingerprint density at radius 1 is 1.12 bits per heavy atom. The highest BCUT2D eigenvalue weighted by atomic mass is 16.2. The third-order valence-electron chi connectivity index (χ3n) is 4.88. The van der Waals surface area contributed by atoms with E-state index in [1.165, 1.54) is 5.56 Å². The second-order valence-corrected chi connectivity index (χ2v) is 7.26. The Morgan fingerprint density at radius 3 is 2.25 bits per heavy atom. The second kappa shape index (κ2) is 8.58. The van der Waals surface area contributed by atoms with E-state index in [4.69, 9.17) is 0 Å². The van der Waals surface area contributed by atoms with Crippen LogP contribution in [-0.2, 0) is 4.79 Å². The van der Waals surface area contributed by atoms with E-state index < -0.39 is 0 Å². The van der Waals surface area contributed by atoms with Gasteiger partial charge in [-0.1, -0.05) is 6.07 Å². The molecule has 0 unspecified atom stereocenters. The summed E-state index contributed by atoms with van der Waals surface area (Å²) in [5.41, 5.74) is 1.26. The third kappa shape index (κ3) is 4.77. The van der Waals surface area contributed by atoms with Gasteiger partial charge in [-0.3, -0.25) is 19.6 Å². The number of hydrogen-bond acceptors (Lipinski definition) is 4. The van der Waals surface area contributed by atoms with E-state index in [9.17, 15) is 4.79 Å². The average Bonchev–Trinajstić information content (AvgIpc) is 2.55. The van der Waals surface area contributed by atoms with Gasteiger partial charge in [0.2, 0.25) is 5.91 Å². The van der Waals surface area contributed by atoms with Crippen molar-refractivity contribution in [2.75, 3.05) is 32.7 Å². The van der Waals surface area contributed by atoms with E-state index in [2.05, 4.69) is 55.5 Å². The molecule has 1 aromatic rings. The monoisotopic (exact) mass is 332 g/mol. The van der Waals surface area contributed by atoms with Gasteiger partial charge in [0.05, 0.1) is 6.54 Å². The molecule has 2 rings (SSSR count). The molecule has 134 valence electrons. The number of hydrogen-bond donors (Lipinski definition) is 0. The van der Waals surface area contributed by atoms with E-state index in [0.29, 0.717) is 12.6 Å². The summed E-state index contributed by atoms with van der Waals surface area (Å²) in [6.45, 7) is 15.0. The fourth-order valence-electron chi connectivity index (χ4n) is 3.59. The van der Waals surface area contributed by atoms with Crippen LogP contribution in [0.5, 0.6) is 0 Å². The molecule has 1 saturated heterocycles. The van der Waals surface area contributed by atoms with Crippen molar-refractivity contribution in [2.24, 2.45) is 0 Å². The van der Waals surface area contributed by atoms with Crippen molar-refractivity contribution < 1.29 is 4.79 Å². The summed E-state index contributed by atoms with van der Waals surface area (Å²) in [6.07, 6.45) is 3.76. The molecule has 1 amide bonds. The molecule has 2 heterocycles. The minimum atomic E-state index is 0.244. The lowest BCUT2D eigenvalue weighted by Gasteiger charge is -2.39. The summed E-state index contributed by atoms with van der Waals surface area (Å²) in [5, 5.41) is 0. The molecule has 0 aromatic carbocycles. The largest absolute Gasteiger partial charge is 0.337 e. The van der Waals surface area contributed by atoms with Crippen LogP contribution in [0.25, 0.3) is 0 Å². The normalized spacial score (nSPS) is 18.1.